The average molecular weight is 315 g/mol. The van der Waals surface area contributed by atoms with E-state index in [1.165, 1.54) is 12.8 Å². The van der Waals surface area contributed by atoms with Gasteiger partial charge in [0.05, 0.1) is 12.2 Å². The molecule has 0 radical (unpaired) electrons. The van der Waals surface area contributed by atoms with E-state index in [1.54, 1.807) is 0 Å². The molecule has 2 N–H and O–H groups in total. The number of aliphatic carboxylic acids is 1. The highest BCUT2D eigenvalue weighted by atomic mass is 16.4. The van der Waals surface area contributed by atoms with Gasteiger partial charge in [-0.1, -0.05) is 58.3 Å². The predicted molar refractivity (Wildman–Crippen MR) is 87.3 cm³/mol. The molecule has 0 aliphatic carbocycles. The van der Waals surface area contributed by atoms with Gasteiger partial charge in [-0.2, -0.15) is 0 Å². The van der Waals surface area contributed by atoms with Crippen LogP contribution in [0.3, 0.4) is 0 Å². The summed E-state index contributed by atoms with van der Waals surface area (Å²) in [6, 6.07) is 0. The molecule has 4 heteroatoms. The van der Waals surface area contributed by atoms with Crippen molar-refractivity contribution >= 4 is 5.97 Å². The summed E-state index contributed by atoms with van der Waals surface area (Å²) < 4.78 is 0. The SMILES string of the molecule is CCCCCC(O)CCC(O)CCCCCCCCC(=O)[O-]. The minimum Gasteiger partial charge on any atom is -0.550 e. The third-order valence-electron chi connectivity index (χ3n) is 4.14. The maximum Gasteiger partial charge on any atom is 0.0541 e. The van der Waals surface area contributed by atoms with E-state index in [-0.39, 0.29) is 18.6 Å². The molecule has 2 atom stereocenters. The lowest BCUT2D eigenvalue weighted by atomic mass is 10.0. The Balaban J connectivity index is 3.31. The lowest BCUT2D eigenvalue weighted by molar-refractivity contribution is -0.305. The molecule has 0 aromatic heterocycles. The zero-order valence-corrected chi connectivity index (χ0v) is 14.3. The van der Waals surface area contributed by atoms with Gasteiger partial charge < -0.3 is 20.1 Å². The number of carbonyl (C=O) groups is 1. The van der Waals surface area contributed by atoms with Crippen molar-refractivity contribution < 1.29 is 20.1 Å². The lowest BCUT2D eigenvalue weighted by Crippen LogP contribution is -2.21. The normalized spacial score (nSPS) is 14.0. The molecule has 0 amide bonds. The van der Waals surface area contributed by atoms with E-state index in [0.717, 1.165) is 51.4 Å². The monoisotopic (exact) mass is 315 g/mol. The van der Waals surface area contributed by atoms with Gasteiger partial charge in [-0.15, -0.1) is 0 Å². The fourth-order valence-electron chi connectivity index (χ4n) is 2.66. The Morgan fingerprint density at radius 2 is 1.23 bits per heavy atom. The fourth-order valence-corrected chi connectivity index (χ4v) is 2.66. The maximum absolute atomic E-state index is 10.2. The lowest BCUT2D eigenvalue weighted by Gasteiger charge is -2.14. The van der Waals surface area contributed by atoms with Crippen molar-refractivity contribution in [1.82, 2.24) is 0 Å². The van der Waals surface area contributed by atoms with E-state index in [4.69, 9.17) is 0 Å². The molecular weight excluding hydrogens is 280 g/mol. The van der Waals surface area contributed by atoms with Gasteiger partial charge in [0.2, 0.25) is 0 Å². The molecule has 0 rings (SSSR count). The molecule has 132 valence electrons. The number of unbranched alkanes of at least 4 members (excludes halogenated alkanes) is 7. The second-order valence-corrected chi connectivity index (χ2v) is 6.41. The van der Waals surface area contributed by atoms with Crippen molar-refractivity contribution in [3.8, 4) is 0 Å². The summed E-state index contributed by atoms with van der Waals surface area (Å²) in [6.45, 7) is 2.15. The standard InChI is InChI=1S/C18H36O4/c1-2-3-8-11-16(19)14-15-17(20)12-9-6-4-5-7-10-13-18(21)22/h16-17,19-20H,2-15H2,1H3,(H,21,22)/p-1. The first-order valence-corrected chi connectivity index (χ1v) is 9.12. The minimum atomic E-state index is -0.958. The van der Waals surface area contributed by atoms with Gasteiger partial charge in [-0.25, -0.2) is 0 Å². The number of aliphatic hydroxyl groups is 2. The van der Waals surface area contributed by atoms with E-state index in [2.05, 4.69) is 6.92 Å². The fraction of sp³-hybridized carbons (Fsp3) is 0.944. The number of carboxylic acid groups (broad SMARTS) is 1. The van der Waals surface area contributed by atoms with Gasteiger partial charge in [0, 0.05) is 5.97 Å². The zero-order valence-electron chi connectivity index (χ0n) is 14.3. The number of rotatable bonds is 16. The first-order chi connectivity index (χ1) is 10.6. The highest BCUT2D eigenvalue weighted by Gasteiger charge is 2.09. The molecule has 0 aromatic carbocycles. The molecular formula is C18H35O4-. The summed E-state index contributed by atoms with van der Waals surface area (Å²) in [7, 11) is 0. The molecule has 0 fully saturated rings. The maximum atomic E-state index is 10.2. The average Bonchev–Trinajstić information content (AvgIpc) is 2.47. The van der Waals surface area contributed by atoms with Crippen LogP contribution in [0.25, 0.3) is 0 Å². The third-order valence-corrected chi connectivity index (χ3v) is 4.14. The Morgan fingerprint density at radius 3 is 1.73 bits per heavy atom. The minimum absolute atomic E-state index is 0.166. The topological polar surface area (TPSA) is 80.6 Å². The molecule has 0 bridgehead atoms. The predicted octanol–water partition coefficient (Wildman–Crippen LogP) is 2.94. The molecule has 0 aliphatic rings. The first kappa shape index (κ1) is 21.4. The van der Waals surface area contributed by atoms with Crippen LogP contribution in [0.1, 0.15) is 96.8 Å². The molecule has 0 saturated heterocycles. The highest BCUT2D eigenvalue weighted by Crippen LogP contribution is 2.14. The van der Waals surface area contributed by atoms with Crippen LogP contribution in [-0.4, -0.2) is 28.4 Å². The molecule has 0 spiro atoms. The Kier molecular flexibility index (Phi) is 14.9. The van der Waals surface area contributed by atoms with Gasteiger partial charge >= 0.3 is 0 Å². The van der Waals surface area contributed by atoms with E-state index >= 15 is 0 Å². The van der Waals surface area contributed by atoms with Crippen LogP contribution in [0.15, 0.2) is 0 Å². The van der Waals surface area contributed by atoms with Crippen LogP contribution < -0.4 is 5.11 Å². The Hall–Kier alpha value is -0.610. The van der Waals surface area contributed by atoms with Crippen molar-refractivity contribution in [1.29, 1.82) is 0 Å². The summed E-state index contributed by atoms with van der Waals surface area (Å²) in [5, 5.41) is 29.9. The second kappa shape index (κ2) is 15.3. The van der Waals surface area contributed by atoms with E-state index in [0.29, 0.717) is 19.3 Å². The van der Waals surface area contributed by atoms with Crippen molar-refractivity contribution in [3.05, 3.63) is 0 Å². The van der Waals surface area contributed by atoms with E-state index < -0.39 is 5.97 Å². The molecule has 4 nitrogen and oxygen atoms in total. The molecule has 0 heterocycles. The summed E-state index contributed by atoms with van der Waals surface area (Å²) in [6.07, 6.45) is 12.0. The molecule has 0 aromatic rings. The number of carboxylic acids is 1. The Labute approximate surface area is 135 Å². The number of hydrogen-bond donors (Lipinski definition) is 2. The van der Waals surface area contributed by atoms with Gasteiger partial charge in [0.15, 0.2) is 0 Å². The van der Waals surface area contributed by atoms with Gasteiger partial charge in [0.1, 0.15) is 0 Å². The van der Waals surface area contributed by atoms with E-state index in [9.17, 15) is 20.1 Å². The zero-order chi connectivity index (χ0) is 16.6. The van der Waals surface area contributed by atoms with Crippen molar-refractivity contribution in [3.63, 3.8) is 0 Å². The molecule has 2 unspecified atom stereocenters. The van der Waals surface area contributed by atoms with Crippen LogP contribution in [0, 0.1) is 0 Å². The van der Waals surface area contributed by atoms with Gasteiger partial charge in [-0.05, 0) is 38.5 Å². The molecule has 0 aliphatic heterocycles. The van der Waals surface area contributed by atoms with Crippen molar-refractivity contribution in [2.24, 2.45) is 0 Å². The van der Waals surface area contributed by atoms with E-state index in [1.807, 2.05) is 0 Å². The third kappa shape index (κ3) is 15.8. The van der Waals surface area contributed by atoms with Crippen LogP contribution in [-0.2, 0) is 4.79 Å². The van der Waals surface area contributed by atoms with Gasteiger partial charge in [-0.3, -0.25) is 0 Å². The quantitative estimate of drug-likeness (QED) is 0.429. The largest absolute Gasteiger partial charge is 0.550 e. The van der Waals surface area contributed by atoms with Gasteiger partial charge in [0.25, 0.3) is 0 Å². The van der Waals surface area contributed by atoms with Crippen molar-refractivity contribution in [2.75, 3.05) is 0 Å². The Morgan fingerprint density at radius 1 is 0.773 bits per heavy atom. The smallest absolute Gasteiger partial charge is 0.0541 e. The molecule has 0 saturated carbocycles. The molecule has 22 heavy (non-hydrogen) atoms. The van der Waals surface area contributed by atoms with Crippen LogP contribution in [0.4, 0.5) is 0 Å². The number of aliphatic hydroxyl groups excluding tert-OH is 2. The number of hydrogen-bond acceptors (Lipinski definition) is 4. The van der Waals surface area contributed by atoms with Crippen molar-refractivity contribution in [2.45, 2.75) is 109 Å². The summed E-state index contributed by atoms with van der Waals surface area (Å²) in [4.78, 5) is 10.2. The first-order valence-electron chi connectivity index (χ1n) is 9.12. The summed E-state index contributed by atoms with van der Waals surface area (Å²) in [5.74, 6) is -0.958. The van der Waals surface area contributed by atoms with Crippen LogP contribution in [0.5, 0.6) is 0 Å². The highest BCUT2D eigenvalue weighted by molar-refractivity contribution is 5.63. The second-order valence-electron chi connectivity index (χ2n) is 6.41. The Bertz CT molecular complexity index is 255. The summed E-state index contributed by atoms with van der Waals surface area (Å²) in [5.41, 5.74) is 0. The summed E-state index contributed by atoms with van der Waals surface area (Å²) >= 11 is 0. The van der Waals surface area contributed by atoms with Crippen LogP contribution in [0.2, 0.25) is 0 Å². The van der Waals surface area contributed by atoms with Crippen LogP contribution >= 0.6 is 0 Å². The number of carbonyl (C=O) groups excluding carboxylic acids is 1.